The Balaban J connectivity index is 2.93. The van der Waals surface area contributed by atoms with Crippen LogP contribution >= 0.6 is 11.6 Å². The van der Waals surface area contributed by atoms with Crippen molar-refractivity contribution in [2.24, 2.45) is 0 Å². The molecular formula is C11H19ClN4O2S. The Hall–Kier alpha value is -0.920. The van der Waals surface area contributed by atoms with E-state index in [0.717, 1.165) is 12.8 Å². The fourth-order valence-corrected chi connectivity index (χ4v) is 3.14. The van der Waals surface area contributed by atoms with E-state index in [1.54, 1.807) is 13.0 Å². The minimum Gasteiger partial charge on any atom is -0.238 e. The highest BCUT2D eigenvalue weighted by Gasteiger charge is 2.21. The van der Waals surface area contributed by atoms with E-state index < -0.39 is 10.2 Å². The van der Waals surface area contributed by atoms with Crippen molar-refractivity contribution >= 4 is 27.8 Å². The Bertz CT molecular complexity index is 495. The maximum absolute atomic E-state index is 12.2. The summed E-state index contributed by atoms with van der Waals surface area (Å²) in [7, 11) is -3.63. The van der Waals surface area contributed by atoms with Crippen molar-refractivity contribution in [1.29, 1.82) is 0 Å². The van der Waals surface area contributed by atoms with E-state index in [-0.39, 0.29) is 11.1 Å². The summed E-state index contributed by atoms with van der Waals surface area (Å²) in [5.74, 6) is 0.00204. The van der Waals surface area contributed by atoms with Crippen LogP contribution in [0.4, 0.5) is 5.95 Å². The van der Waals surface area contributed by atoms with Gasteiger partial charge in [-0.1, -0.05) is 25.4 Å². The maximum atomic E-state index is 12.2. The molecule has 0 atom stereocenters. The third-order valence-electron chi connectivity index (χ3n) is 2.33. The third kappa shape index (κ3) is 4.93. The molecule has 0 fully saturated rings. The Morgan fingerprint density at radius 1 is 1.26 bits per heavy atom. The van der Waals surface area contributed by atoms with Gasteiger partial charge in [0.05, 0.1) is 0 Å². The van der Waals surface area contributed by atoms with Gasteiger partial charge in [-0.15, -0.1) is 0 Å². The summed E-state index contributed by atoms with van der Waals surface area (Å²) in [5, 5.41) is 0.211. The maximum Gasteiger partial charge on any atom is 0.303 e. The number of aryl methyl sites for hydroxylation is 1. The highest BCUT2D eigenvalue weighted by molar-refractivity contribution is 7.90. The predicted molar refractivity (Wildman–Crippen MR) is 76.5 cm³/mol. The Kier molecular flexibility index (Phi) is 5.96. The van der Waals surface area contributed by atoms with Crippen LogP contribution in [0.25, 0.3) is 0 Å². The van der Waals surface area contributed by atoms with Crippen molar-refractivity contribution < 1.29 is 8.42 Å². The van der Waals surface area contributed by atoms with Gasteiger partial charge in [0.15, 0.2) is 0 Å². The summed E-state index contributed by atoms with van der Waals surface area (Å²) in [6.07, 6.45) is 1.49. The minimum atomic E-state index is -3.63. The van der Waals surface area contributed by atoms with Crippen molar-refractivity contribution in [2.45, 2.75) is 33.6 Å². The Morgan fingerprint density at radius 3 is 2.32 bits per heavy atom. The summed E-state index contributed by atoms with van der Waals surface area (Å²) in [4.78, 5) is 7.87. The van der Waals surface area contributed by atoms with Crippen LogP contribution in [0.5, 0.6) is 0 Å². The van der Waals surface area contributed by atoms with Crippen molar-refractivity contribution in [3.05, 3.63) is 16.9 Å². The molecule has 0 aromatic carbocycles. The van der Waals surface area contributed by atoms with Crippen LogP contribution in [0.15, 0.2) is 6.07 Å². The lowest BCUT2D eigenvalue weighted by molar-refractivity contribution is 0.413. The first-order valence-corrected chi connectivity index (χ1v) is 8.00. The molecule has 1 aromatic heterocycles. The van der Waals surface area contributed by atoms with Gasteiger partial charge in [0.25, 0.3) is 0 Å². The van der Waals surface area contributed by atoms with Crippen LogP contribution < -0.4 is 4.72 Å². The fourth-order valence-electron chi connectivity index (χ4n) is 1.61. The van der Waals surface area contributed by atoms with E-state index in [2.05, 4.69) is 14.7 Å². The molecule has 0 saturated heterocycles. The van der Waals surface area contributed by atoms with Crippen LogP contribution in [-0.4, -0.2) is 35.8 Å². The van der Waals surface area contributed by atoms with Gasteiger partial charge in [-0.3, -0.25) is 0 Å². The normalized spacial score (nSPS) is 11.8. The van der Waals surface area contributed by atoms with Gasteiger partial charge < -0.3 is 0 Å². The van der Waals surface area contributed by atoms with Gasteiger partial charge >= 0.3 is 10.2 Å². The zero-order valence-corrected chi connectivity index (χ0v) is 12.9. The van der Waals surface area contributed by atoms with E-state index in [1.165, 1.54) is 4.31 Å². The number of nitrogens with one attached hydrogen (secondary N) is 1. The molecule has 1 aromatic rings. The molecule has 6 nitrogen and oxygen atoms in total. The largest absolute Gasteiger partial charge is 0.303 e. The molecule has 0 aliphatic carbocycles. The molecule has 0 amide bonds. The van der Waals surface area contributed by atoms with Gasteiger partial charge in [0.1, 0.15) is 5.15 Å². The van der Waals surface area contributed by atoms with Crippen LogP contribution in [-0.2, 0) is 10.2 Å². The summed E-state index contributed by atoms with van der Waals surface area (Å²) in [6, 6.07) is 1.56. The average Bonchev–Trinajstić information content (AvgIpc) is 2.26. The zero-order chi connectivity index (χ0) is 14.5. The molecule has 1 N–H and O–H groups in total. The smallest absolute Gasteiger partial charge is 0.238 e. The number of rotatable bonds is 7. The standard InChI is InChI=1S/C11H19ClN4O2S/c1-4-6-16(7-5-2)19(17,18)15-11-13-9(3)8-10(12)14-11/h8H,4-7H2,1-3H3,(H,13,14,15). The van der Waals surface area contributed by atoms with E-state index in [4.69, 9.17) is 11.6 Å². The lowest BCUT2D eigenvalue weighted by atomic mass is 10.4. The first-order valence-electron chi connectivity index (χ1n) is 6.18. The Labute approximate surface area is 119 Å². The van der Waals surface area contributed by atoms with Crippen LogP contribution in [0.2, 0.25) is 5.15 Å². The van der Waals surface area contributed by atoms with Gasteiger partial charge in [-0.05, 0) is 25.8 Å². The molecule has 1 heterocycles. The number of nitrogens with zero attached hydrogens (tertiary/aromatic N) is 3. The first-order chi connectivity index (χ1) is 8.89. The SMILES string of the molecule is CCCN(CCC)S(=O)(=O)Nc1nc(C)cc(Cl)n1. The van der Waals surface area contributed by atoms with Crippen LogP contribution in [0, 0.1) is 6.92 Å². The third-order valence-corrected chi connectivity index (χ3v) is 4.01. The molecule has 0 unspecified atom stereocenters. The molecule has 8 heteroatoms. The summed E-state index contributed by atoms with van der Waals surface area (Å²) in [5.41, 5.74) is 0.607. The van der Waals surface area contributed by atoms with E-state index in [9.17, 15) is 8.42 Å². The highest BCUT2D eigenvalue weighted by atomic mass is 35.5. The average molecular weight is 307 g/mol. The molecule has 0 saturated carbocycles. The summed E-state index contributed by atoms with van der Waals surface area (Å²) < 4.78 is 28.1. The van der Waals surface area contributed by atoms with Gasteiger partial charge in [0, 0.05) is 18.8 Å². The molecule has 0 aliphatic heterocycles. The molecule has 19 heavy (non-hydrogen) atoms. The Morgan fingerprint density at radius 2 is 1.84 bits per heavy atom. The van der Waals surface area contributed by atoms with Crippen molar-refractivity contribution in [3.8, 4) is 0 Å². The topological polar surface area (TPSA) is 75.2 Å². The van der Waals surface area contributed by atoms with Gasteiger partial charge in [-0.25, -0.2) is 14.7 Å². The first kappa shape index (κ1) is 16.1. The second-order valence-electron chi connectivity index (χ2n) is 4.16. The molecule has 108 valence electrons. The zero-order valence-electron chi connectivity index (χ0n) is 11.4. The number of hydrogen-bond donors (Lipinski definition) is 1. The molecule has 0 radical (unpaired) electrons. The number of anilines is 1. The van der Waals surface area contributed by atoms with E-state index in [1.807, 2.05) is 13.8 Å². The lowest BCUT2D eigenvalue weighted by Crippen LogP contribution is -2.37. The molecule has 0 aliphatic rings. The van der Waals surface area contributed by atoms with E-state index in [0.29, 0.717) is 18.8 Å². The molecule has 0 spiro atoms. The van der Waals surface area contributed by atoms with Gasteiger partial charge in [0.2, 0.25) is 5.95 Å². The summed E-state index contributed by atoms with van der Waals surface area (Å²) >= 11 is 5.78. The second kappa shape index (κ2) is 7.02. The van der Waals surface area contributed by atoms with Crippen molar-refractivity contribution in [3.63, 3.8) is 0 Å². The monoisotopic (exact) mass is 306 g/mol. The summed E-state index contributed by atoms with van der Waals surface area (Å²) in [6.45, 7) is 6.50. The lowest BCUT2D eigenvalue weighted by Gasteiger charge is -2.21. The minimum absolute atomic E-state index is 0.00204. The quantitative estimate of drug-likeness (QED) is 0.784. The van der Waals surface area contributed by atoms with Crippen molar-refractivity contribution in [2.75, 3.05) is 17.8 Å². The fraction of sp³-hybridized carbons (Fsp3) is 0.636. The number of hydrogen-bond acceptors (Lipinski definition) is 4. The number of halogens is 1. The van der Waals surface area contributed by atoms with Gasteiger partial charge in [-0.2, -0.15) is 12.7 Å². The molecule has 1 rings (SSSR count). The predicted octanol–water partition coefficient (Wildman–Crippen LogP) is 2.22. The second-order valence-corrected chi connectivity index (χ2v) is 6.22. The van der Waals surface area contributed by atoms with E-state index >= 15 is 0 Å². The van der Waals surface area contributed by atoms with Crippen molar-refractivity contribution in [1.82, 2.24) is 14.3 Å². The molecule has 0 bridgehead atoms. The van der Waals surface area contributed by atoms with Crippen LogP contribution in [0.1, 0.15) is 32.4 Å². The molecular weight excluding hydrogens is 288 g/mol. The highest BCUT2D eigenvalue weighted by Crippen LogP contribution is 2.12. The number of aromatic nitrogens is 2. The van der Waals surface area contributed by atoms with Crippen LogP contribution in [0.3, 0.4) is 0 Å².